The second-order valence-corrected chi connectivity index (χ2v) is 9.44. The van der Waals surface area contributed by atoms with Gasteiger partial charge in [0.1, 0.15) is 11.5 Å². The molecule has 0 bridgehead atoms. The van der Waals surface area contributed by atoms with Gasteiger partial charge in [-0.05, 0) is 82.4 Å². The predicted octanol–water partition coefficient (Wildman–Crippen LogP) is 8.21. The van der Waals surface area contributed by atoms with Crippen LogP contribution in [0.25, 0.3) is 0 Å². The Balaban J connectivity index is 0.00000107. The van der Waals surface area contributed by atoms with E-state index >= 15 is 0 Å². The van der Waals surface area contributed by atoms with Crippen LogP contribution >= 0.6 is 20.2 Å². The summed E-state index contributed by atoms with van der Waals surface area (Å²) in [6.07, 6.45) is 8.46. The average molecular weight is 499 g/mol. The molecule has 0 fully saturated rings. The average Bonchev–Trinajstić information content (AvgIpc) is 2.67. The second-order valence-electron chi connectivity index (χ2n) is 7.61. The van der Waals surface area contributed by atoms with E-state index < -0.39 is 0 Å². The third-order valence-corrected chi connectivity index (χ3v) is 4.79. The molecule has 0 aliphatic carbocycles. The summed E-state index contributed by atoms with van der Waals surface area (Å²) in [4.78, 5) is 9.34. The molecular weight excluding hydrogens is 471 g/mol. The van der Waals surface area contributed by atoms with E-state index in [0.29, 0.717) is 0 Å². The molecule has 2 aromatic carbocycles. The first-order chi connectivity index (χ1) is 14.7. The SMILES string of the molecule is Cc1cc(C)c(N=CC2=CCC=C(C=Nc3c(C)cc(C)cc3C)O2)c(C)c1.[Cl][Fe][Cl]. The molecule has 0 N–H and O–H groups in total. The first-order valence-electron chi connectivity index (χ1n) is 9.92. The number of aliphatic imine (C=N–C) groups is 2. The molecule has 0 aromatic heterocycles. The number of aryl methyl sites for hydroxylation is 6. The molecule has 2 aromatic rings. The molecule has 0 unspecified atom stereocenters. The van der Waals surface area contributed by atoms with Crippen molar-refractivity contribution in [3.63, 3.8) is 0 Å². The quantitative estimate of drug-likeness (QED) is 0.308. The zero-order valence-corrected chi connectivity index (χ0v) is 21.4. The molecule has 3 nitrogen and oxygen atoms in total. The topological polar surface area (TPSA) is 34.0 Å². The third kappa shape index (κ3) is 7.66. The van der Waals surface area contributed by atoms with Gasteiger partial charge in [-0.15, -0.1) is 0 Å². The van der Waals surface area contributed by atoms with Gasteiger partial charge < -0.3 is 4.74 Å². The van der Waals surface area contributed by atoms with E-state index in [-0.39, 0.29) is 13.1 Å². The number of rotatable bonds is 4. The van der Waals surface area contributed by atoms with Gasteiger partial charge in [-0.1, -0.05) is 35.4 Å². The first kappa shape index (κ1) is 25.4. The van der Waals surface area contributed by atoms with Crippen LogP contribution in [0.5, 0.6) is 0 Å². The van der Waals surface area contributed by atoms with Crippen LogP contribution in [0.1, 0.15) is 39.8 Å². The zero-order chi connectivity index (χ0) is 23.0. The van der Waals surface area contributed by atoms with Crippen LogP contribution < -0.4 is 0 Å². The van der Waals surface area contributed by atoms with Crippen LogP contribution in [-0.4, -0.2) is 12.4 Å². The van der Waals surface area contributed by atoms with Gasteiger partial charge >= 0.3 is 33.3 Å². The van der Waals surface area contributed by atoms with E-state index in [1.54, 1.807) is 12.4 Å². The van der Waals surface area contributed by atoms with Crippen molar-refractivity contribution in [2.24, 2.45) is 9.98 Å². The van der Waals surface area contributed by atoms with Crippen molar-refractivity contribution in [1.82, 2.24) is 0 Å². The molecule has 3 rings (SSSR count). The van der Waals surface area contributed by atoms with Crippen molar-refractivity contribution in [1.29, 1.82) is 0 Å². The van der Waals surface area contributed by atoms with Crippen molar-refractivity contribution in [2.45, 2.75) is 48.0 Å². The Morgan fingerprint density at radius 3 is 1.35 bits per heavy atom. The maximum atomic E-state index is 5.96. The Kier molecular flexibility index (Phi) is 10.1. The molecule has 6 heteroatoms. The Morgan fingerprint density at radius 2 is 1.03 bits per heavy atom. The van der Waals surface area contributed by atoms with Crippen molar-refractivity contribution in [2.75, 3.05) is 0 Å². The number of halogens is 2. The fraction of sp³-hybridized carbons (Fsp3) is 0.280. The van der Waals surface area contributed by atoms with Crippen LogP contribution in [-0.2, 0) is 17.9 Å². The molecule has 166 valence electrons. The van der Waals surface area contributed by atoms with Crippen molar-refractivity contribution in [3.8, 4) is 0 Å². The molecule has 1 aliphatic heterocycles. The van der Waals surface area contributed by atoms with Gasteiger partial charge in [-0.3, -0.25) is 9.98 Å². The van der Waals surface area contributed by atoms with Gasteiger partial charge in [0.15, 0.2) is 0 Å². The summed E-state index contributed by atoms with van der Waals surface area (Å²) in [7, 11) is 9.53. The fourth-order valence-electron chi connectivity index (χ4n) is 3.68. The summed E-state index contributed by atoms with van der Waals surface area (Å²) < 4.78 is 5.96. The van der Waals surface area contributed by atoms with E-state index in [2.05, 4.69) is 75.8 Å². The zero-order valence-electron chi connectivity index (χ0n) is 18.7. The van der Waals surface area contributed by atoms with Gasteiger partial charge in [0, 0.05) is 0 Å². The van der Waals surface area contributed by atoms with Crippen LogP contribution in [0, 0.1) is 41.5 Å². The summed E-state index contributed by atoms with van der Waals surface area (Å²) in [6, 6.07) is 8.61. The molecule has 0 radical (unpaired) electrons. The number of benzene rings is 2. The maximum absolute atomic E-state index is 5.96. The summed E-state index contributed by atoms with van der Waals surface area (Å²) in [6.45, 7) is 12.6. The van der Waals surface area contributed by atoms with Crippen LogP contribution in [0.15, 0.2) is 57.9 Å². The molecule has 0 saturated heterocycles. The third-order valence-electron chi connectivity index (χ3n) is 4.79. The van der Waals surface area contributed by atoms with Crippen molar-refractivity contribution in [3.05, 3.63) is 81.3 Å². The minimum atomic E-state index is 0.194. The van der Waals surface area contributed by atoms with Gasteiger partial charge in [0.05, 0.1) is 23.8 Å². The molecule has 1 heterocycles. The van der Waals surface area contributed by atoms with E-state index in [1.165, 1.54) is 33.4 Å². The minimum absolute atomic E-state index is 0.194. The number of hydrogen-bond donors (Lipinski definition) is 0. The predicted molar refractivity (Wildman–Crippen MR) is 131 cm³/mol. The molecule has 31 heavy (non-hydrogen) atoms. The Bertz CT molecular complexity index is 928. The molecular formula is C25H28Cl2FeN2O. The number of allylic oxidation sites excluding steroid dienone is 4. The first-order valence-corrected chi connectivity index (χ1v) is 13.0. The van der Waals surface area contributed by atoms with Crippen LogP contribution in [0.2, 0.25) is 0 Å². The van der Waals surface area contributed by atoms with Gasteiger partial charge in [-0.25, -0.2) is 0 Å². The number of nitrogens with zero attached hydrogens (tertiary/aromatic N) is 2. The molecule has 1 aliphatic rings. The Morgan fingerprint density at radius 1 is 0.710 bits per heavy atom. The molecule has 0 spiro atoms. The Labute approximate surface area is 200 Å². The number of hydrogen-bond acceptors (Lipinski definition) is 3. The summed E-state index contributed by atoms with van der Waals surface area (Å²) >= 11 is 0.194. The summed E-state index contributed by atoms with van der Waals surface area (Å²) in [5.74, 6) is 1.50. The summed E-state index contributed by atoms with van der Waals surface area (Å²) in [5, 5.41) is 0. The van der Waals surface area contributed by atoms with Crippen molar-refractivity contribution < 1.29 is 17.9 Å². The number of ether oxygens (including phenoxy) is 1. The van der Waals surface area contributed by atoms with Gasteiger partial charge in [-0.2, -0.15) is 0 Å². The van der Waals surface area contributed by atoms with E-state index in [9.17, 15) is 0 Å². The van der Waals surface area contributed by atoms with E-state index in [4.69, 9.17) is 24.9 Å². The standard InChI is InChI=1S/C25H28N2O.2ClH.Fe/c1-16-10-18(3)24(19(4)11-16)26-14-22-8-7-9-23(28-22)15-27-25-20(5)12-17(2)13-21(25)6;;;/h8-15H,7H2,1-6H3;2*1H;/q;;;+2/p-2. The summed E-state index contributed by atoms with van der Waals surface area (Å²) in [5.41, 5.74) is 9.22. The molecule has 0 atom stereocenters. The van der Waals surface area contributed by atoms with E-state index in [0.717, 1.165) is 29.3 Å². The monoisotopic (exact) mass is 498 g/mol. The molecule has 0 amide bonds. The molecule has 0 saturated carbocycles. The second kappa shape index (κ2) is 12.3. The van der Waals surface area contributed by atoms with Crippen LogP contribution in [0.4, 0.5) is 11.4 Å². The van der Waals surface area contributed by atoms with Crippen molar-refractivity contribution >= 4 is 44.0 Å². The fourth-order valence-corrected chi connectivity index (χ4v) is 3.68. The normalized spacial score (nSPS) is 13.7. The van der Waals surface area contributed by atoms with E-state index in [1.807, 2.05) is 12.2 Å². The van der Waals surface area contributed by atoms with Crippen LogP contribution in [0.3, 0.4) is 0 Å². The van der Waals surface area contributed by atoms with Gasteiger partial charge in [0.2, 0.25) is 0 Å². The Hall–Kier alpha value is -1.84. The van der Waals surface area contributed by atoms with Gasteiger partial charge in [0.25, 0.3) is 0 Å².